The maximum Gasteiger partial charge on any atom is 0.339 e. The van der Waals surface area contributed by atoms with Crippen LogP contribution in [0.3, 0.4) is 0 Å². The number of methoxy groups -OCH3 is 1. The molecule has 6 heteroatoms. The molecule has 3 aromatic rings. The van der Waals surface area contributed by atoms with Crippen LogP contribution in [0.15, 0.2) is 42.6 Å². The number of ether oxygens (including phenoxy) is 1. The Labute approximate surface area is 120 Å². The van der Waals surface area contributed by atoms with Gasteiger partial charge < -0.3 is 4.74 Å². The Morgan fingerprint density at radius 1 is 1.29 bits per heavy atom. The van der Waals surface area contributed by atoms with Crippen molar-refractivity contribution in [2.45, 2.75) is 0 Å². The number of esters is 1. The fraction of sp³-hybridized carbons (Fsp3) is 0.0667. The van der Waals surface area contributed by atoms with E-state index in [-0.39, 0.29) is 0 Å². The van der Waals surface area contributed by atoms with E-state index < -0.39 is 5.97 Å². The molecule has 0 fully saturated rings. The largest absolute Gasteiger partial charge is 0.465 e. The molecule has 0 radical (unpaired) electrons. The summed E-state index contributed by atoms with van der Waals surface area (Å²) in [4.78, 5) is 11.6. The molecule has 0 aliphatic carbocycles. The Morgan fingerprint density at radius 3 is 2.90 bits per heavy atom. The second-order valence-electron chi connectivity index (χ2n) is 4.35. The monoisotopic (exact) mass is 278 g/mol. The van der Waals surface area contributed by atoms with Crippen molar-refractivity contribution in [3.8, 4) is 17.5 Å². The van der Waals surface area contributed by atoms with Crippen molar-refractivity contribution in [1.29, 1.82) is 5.26 Å². The van der Waals surface area contributed by atoms with Crippen molar-refractivity contribution in [3.63, 3.8) is 0 Å². The van der Waals surface area contributed by atoms with Crippen LogP contribution in [0.2, 0.25) is 0 Å². The zero-order chi connectivity index (χ0) is 14.8. The molecule has 21 heavy (non-hydrogen) atoms. The molecule has 0 unspecified atom stereocenters. The number of hydrogen-bond acceptors (Lipinski definition) is 5. The lowest BCUT2D eigenvalue weighted by atomic mass is 10.1. The van der Waals surface area contributed by atoms with E-state index in [2.05, 4.69) is 16.3 Å². The van der Waals surface area contributed by atoms with E-state index in [1.807, 2.05) is 6.07 Å². The number of nitrogens with zero attached hydrogens (tertiary/aromatic N) is 4. The van der Waals surface area contributed by atoms with Crippen LogP contribution in [-0.4, -0.2) is 27.7 Å². The van der Waals surface area contributed by atoms with Crippen LogP contribution >= 0.6 is 0 Å². The third-order valence-corrected chi connectivity index (χ3v) is 3.07. The fourth-order valence-electron chi connectivity index (χ4n) is 2.05. The average Bonchev–Trinajstić information content (AvgIpc) is 2.97. The van der Waals surface area contributed by atoms with Gasteiger partial charge in [0.1, 0.15) is 0 Å². The molecule has 2 aromatic heterocycles. The van der Waals surface area contributed by atoms with Gasteiger partial charge in [-0.1, -0.05) is 12.1 Å². The van der Waals surface area contributed by atoms with E-state index in [0.717, 1.165) is 5.56 Å². The standard InChI is InChI=1S/C15H10N4O2/c1-21-15(20)12-5-6-13-17-18-14(19(13)9-12)11-4-2-3-10(7-11)8-16/h2-7,9H,1H3. The molecule has 0 aliphatic rings. The van der Waals surface area contributed by atoms with Crippen LogP contribution in [-0.2, 0) is 4.74 Å². The minimum absolute atomic E-state index is 0.405. The minimum Gasteiger partial charge on any atom is -0.465 e. The van der Waals surface area contributed by atoms with Crippen LogP contribution in [0.5, 0.6) is 0 Å². The molecule has 0 N–H and O–H groups in total. The van der Waals surface area contributed by atoms with Gasteiger partial charge in [0.15, 0.2) is 11.5 Å². The third-order valence-electron chi connectivity index (χ3n) is 3.07. The molecule has 0 amide bonds. The molecule has 0 spiro atoms. The molecule has 0 atom stereocenters. The first-order chi connectivity index (χ1) is 10.2. The third kappa shape index (κ3) is 2.21. The predicted octanol–water partition coefficient (Wildman–Crippen LogP) is 2.05. The maximum atomic E-state index is 11.6. The summed E-state index contributed by atoms with van der Waals surface area (Å²) in [6.45, 7) is 0. The summed E-state index contributed by atoms with van der Waals surface area (Å²) < 4.78 is 6.40. The van der Waals surface area contributed by atoms with Gasteiger partial charge in [-0.25, -0.2) is 4.79 Å². The molecule has 0 bridgehead atoms. The first kappa shape index (κ1) is 12.8. The van der Waals surface area contributed by atoms with Crippen molar-refractivity contribution >= 4 is 11.6 Å². The number of rotatable bonds is 2. The summed E-state index contributed by atoms with van der Waals surface area (Å²) in [5.41, 5.74) is 2.31. The minimum atomic E-state index is -0.428. The van der Waals surface area contributed by atoms with Crippen molar-refractivity contribution < 1.29 is 9.53 Å². The zero-order valence-corrected chi connectivity index (χ0v) is 11.1. The molecule has 0 aliphatic heterocycles. The Hall–Kier alpha value is -3.20. The summed E-state index contributed by atoms with van der Waals surface area (Å²) in [7, 11) is 1.33. The van der Waals surface area contributed by atoms with Crippen LogP contribution in [0, 0.1) is 11.3 Å². The second kappa shape index (κ2) is 5.06. The number of hydrogen-bond donors (Lipinski definition) is 0. The molecule has 6 nitrogen and oxygen atoms in total. The Kier molecular flexibility index (Phi) is 3.09. The lowest BCUT2D eigenvalue weighted by Gasteiger charge is -2.03. The summed E-state index contributed by atoms with van der Waals surface area (Å²) in [5, 5.41) is 17.1. The first-order valence-electron chi connectivity index (χ1n) is 6.16. The highest BCUT2D eigenvalue weighted by Gasteiger charge is 2.12. The summed E-state index contributed by atoms with van der Waals surface area (Å²) in [6.07, 6.45) is 1.62. The molecule has 2 heterocycles. The Morgan fingerprint density at radius 2 is 2.14 bits per heavy atom. The highest BCUT2D eigenvalue weighted by Crippen LogP contribution is 2.20. The number of nitriles is 1. The summed E-state index contributed by atoms with van der Waals surface area (Å²) in [6, 6.07) is 12.5. The van der Waals surface area contributed by atoms with Gasteiger partial charge in [0, 0.05) is 11.8 Å². The maximum absolute atomic E-state index is 11.6. The van der Waals surface area contributed by atoms with Gasteiger partial charge in [0.2, 0.25) is 0 Å². The smallest absolute Gasteiger partial charge is 0.339 e. The van der Waals surface area contributed by atoms with Gasteiger partial charge in [0.25, 0.3) is 0 Å². The van der Waals surface area contributed by atoms with E-state index in [1.165, 1.54) is 7.11 Å². The number of carbonyl (C=O) groups excluding carboxylic acids is 1. The van der Waals surface area contributed by atoms with Crippen LogP contribution in [0.25, 0.3) is 17.0 Å². The van der Waals surface area contributed by atoms with Crippen molar-refractivity contribution in [2.75, 3.05) is 7.11 Å². The van der Waals surface area contributed by atoms with Gasteiger partial charge in [-0.2, -0.15) is 5.26 Å². The zero-order valence-electron chi connectivity index (χ0n) is 11.1. The molecule has 102 valence electrons. The van der Waals surface area contributed by atoms with E-state index in [1.54, 1.807) is 40.9 Å². The quantitative estimate of drug-likeness (QED) is 0.670. The number of carbonyl (C=O) groups is 1. The molecule has 0 saturated heterocycles. The number of fused-ring (bicyclic) bond motifs is 1. The van der Waals surface area contributed by atoms with Gasteiger partial charge in [0.05, 0.1) is 24.3 Å². The fourth-order valence-corrected chi connectivity index (χ4v) is 2.05. The highest BCUT2D eigenvalue weighted by molar-refractivity contribution is 5.89. The van der Waals surface area contributed by atoms with Crippen LogP contribution < -0.4 is 0 Å². The SMILES string of the molecule is COC(=O)c1ccc2nnc(-c3cccc(C#N)c3)n2c1. The second-order valence-corrected chi connectivity index (χ2v) is 4.35. The Balaban J connectivity index is 2.18. The molecular weight excluding hydrogens is 268 g/mol. The number of pyridine rings is 1. The van der Waals surface area contributed by atoms with Crippen molar-refractivity contribution in [1.82, 2.24) is 14.6 Å². The van der Waals surface area contributed by atoms with Gasteiger partial charge >= 0.3 is 5.97 Å². The lowest BCUT2D eigenvalue weighted by molar-refractivity contribution is 0.0600. The predicted molar refractivity (Wildman–Crippen MR) is 74.5 cm³/mol. The first-order valence-corrected chi connectivity index (χ1v) is 6.16. The van der Waals surface area contributed by atoms with Crippen molar-refractivity contribution in [2.24, 2.45) is 0 Å². The van der Waals surface area contributed by atoms with Gasteiger partial charge in [-0.05, 0) is 24.3 Å². The van der Waals surface area contributed by atoms with E-state index >= 15 is 0 Å². The van der Waals surface area contributed by atoms with Crippen molar-refractivity contribution in [3.05, 3.63) is 53.7 Å². The average molecular weight is 278 g/mol. The van der Waals surface area contributed by atoms with Gasteiger partial charge in [-0.3, -0.25) is 4.40 Å². The van der Waals surface area contributed by atoms with Crippen LogP contribution in [0.1, 0.15) is 15.9 Å². The normalized spacial score (nSPS) is 10.3. The highest BCUT2D eigenvalue weighted by atomic mass is 16.5. The summed E-state index contributed by atoms with van der Waals surface area (Å²) >= 11 is 0. The lowest BCUT2D eigenvalue weighted by Crippen LogP contribution is -2.03. The van der Waals surface area contributed by atoms with Crippen LogP contribution in [0.4, 0.5) is 0 Å². The summed E-state index contributed by atoms with van der Waals surface area (Å²) in [5.74, 6) is 0.134. The molecule has 3 rings (SSSR count). The molecular formula is C15H10N4O2. The topological polar surface area (TPSA) is 80.3 Å². The number of aromatic nitrogens is 3. The molecule has 1 aromatic carbocycles. The van der Waals surface area contributed by atoms with E-state index in [0.29, 0.717) is 22.6 Å². The van der Waals surface area contributed by atoms with E-state index in [4.69, 9.17) is 10.00 Å². The Bertz CT molecular complexity index is 877. The molecule has 0 saturated carbocycles. The number of benzene rings is 1. The van der Waals surface area contributed by atoms with Gasteiger partial charge in [-0.15, -0.1) is 10.2 Å². The van der Waals surface area contributed by atoms with E-state index in [9.17, 15) is 4.79 Å².